The molecule has 1 fully saturated rings. The molecule has 1 atom stereocenters. The van der Waals surface area contributed by atoms with Gasteiger partial charge in [-0.1, -0.05) is 42.2 Å². The van der Waals surface area contributed by atoms with Crippen LogP contribution in [-0.4, -0.2) is 50.3 Å². The number of aliphatic hydroxyl groups is 1. The number of aromatic nitrogens is 3. The van der Waals surface area contributed by atoms with E-state index in [-0.39, 0.29) is 27.9 Å². The third-order valence-electron chi connectivity index (χ3n) is 6.39. The van der Waals surface area contributed by atoms with Crippen LogP contribution < -0.4 is 9.64 Å². The number of hydrogen-bond acceptors (Lipinski definition) is 9. The minimum atomic E-state index is -1.04. The second-order valence-corrected chi connectivity index (χ2v) is 9.92. The molecule has 1 aliphatic heterocycles. The number of rotatable bonds is 8. The third kappa shape index (κ3) is 4.54. The number of carbonyl (C=O) groups is 3. The van der Waals surface area contributed by atoms with E-state index in [4.69, 9.17) is 9.47 Å². The van der Waals surface area contributed by atoms with Gasteiger partial charge in [0.05, 0.1) is 29.6 Å². The summed E-state index contributed by atoms with van der Waals surface area (Å²) in [6.07, 6.45) is 3.17. The molecule has 204 valence electrons. The van der Waals surface area contributed by atoms with Crippen LogP contribution in [-0.2, 0) is 14.3 Å². The maximum absolute atomic E-state index is 13.6. The number of aliphatic hydroxyl groups excluding tert-OH is 1. The van der Waals surface area contributed by atoms with E-state index >= 15 is 0 Å². The topological polar surface area (TPSA) is 123 Å². The number of amides is 1. The molecule has 0 aliphatic carbocycles. The first-order valence-corrected chi connectivity index (χ1v) is 13.3. The lowest BCUT2D eigenvalue weighted by atomic mass is 9.96. The highest BCUT2D eigenvalue weighted by Crippen LogP contribution is 2.44. The highest BCUT2D eigenvalue weighted by Gasteiger charge is 2.49. The molecule has 0 bridgehead atoms. The number of ketones is 1. The number of anilines is 1. The Kier molecular flexibility index (Phi) is 7.22. The fourth-order valence-corrected chi connectivity index (χ4v) is 5.65. The number of hydrogen-bond donors (Lipinski definition) is 1. The molecule has 40 heavy (non-hydrogen) atoms. The lowest BCUT2D eigenvalue weighted by molar-refractivity contribution is -0.132. The maximum Gasteiger partial charge on any atom is 0.350 e. The molecule has 10 nitrogen and oxygen atoms in total. The Labute approximate surface area is 233 Å². The van der Waals surface area contributed by atoms with E-state index in [1.165, 1.54) is 11.0 Å². The number of fused-ring (bicyclic) bond motifs is 1. The number of carbonyl (C=O) groups excluding carboxylic acids is 3. The van der Waals surface area contributed by atoms with Crippen LogP contribution in [0.1, 0.15) is 45.3 Å². The molecule has 4 heterocycles. The largest absolute Gasteiger partial charge is 0.505 e. The number of Topliss-reactive ketones (excluding diaryl/α,β-unsaturated/α-hetero) is 1. The zero-order valence-electron chi connectivity index (χ0n) is 22.1. The molecule has 5 rings (SSSR count). The molecule has 4 aromatic rings. The average Bonchev–Trinajstić information content (AvgIpc) is 3.57. The minimum Gasteiger partial charge on any atom is -0.505 e. The number of nitrogens with zero attached hydrogens (tertiary/aromatic N) is 4. The van der Waals surface area contributed by atoms with Gasteiger partial charge in [-0.3, -0.25) is 18.9 Å². The van der Waals surface area contributed by atoms with Crippen LogP contribution in [0, 0.1) is 13.8 Å². The third-order valence-corrected chi connectivity index (χ3v) is 7.53. The summed E-state index contributed by atoms with van der Waals surface area (Å²) in [5, 5.41) is 11.8. The van der Waals surface area contributed by atoms with E-state index in [0.717, 1.165) is 11.3 Å². The van der Waals surface area contributed by atoms with Gasteiger partial charge < -0.3 is 14.6 Å². The van der Waals surface area contributed by atoms with Crippen molar-refractivity contribution in [3.8, 4) is 5.75 Å². The quantitative estimate of drug-likeness (QED) is 0.108. The molecule has 3 aromatic heterocycles. The lowest BCUT2D eigenvalue weighted by Crippen LogP contribution is -2.29. The summed E-state index contributed by atoms with van der Waals surface area (Å²) < 4.78 is 12.4. The van der Waals surface area contributed by atoms with Crippen molar-refractivity contribution in [3.05, 3.63) is 94.4 Å². The Hall–Kier alpha value is -4.77. The zero-order valence-corrected chi connectivity index (χ0v) is 22.9. The van der Waals surface area contributed by atoms with Gasteiger partial charge in [0, 0.05) is 6.20 Å². The fraction of sp³-hybridized carbons (Fsp3) is 0.207. The smallest absolute Gasteiger partial charge is 0.350 e. The van der Waals surface area contributed by atoms with Crippen LogP contribution >= 0.6 is 11.3 Å². The van der Waals surface area contributed by atoms with Crippen molar-refractivity contribution in [1.29, 1.82) is 0 Å². The first-order valence-electron chi connectivity index (χ1n) is 12.5. The van der Waals surface area contributed by atoms with E-state index in [9.17, 15) is 19.5 Å². The number of esters is 1. The molecular formula is C29H26N4O6S. The Balaban J connectivity index is 1.70. The normalized spacial score (nSPS) is 16.5. The summed E-state index contributed by atoms with van der Waals surface area (Å²) in [5.74, 6) is -2.14. The van der Waals surface area contributed by atoms with E-state index in [0.29, 0.717) is 40.6 Å². The number of imidazole rings is 1. The second-order valence-electron chi connectivity index (χ2n) is 8.94. The molecule has 1 saturated heterocycles. The van der Waals surface area contributed by atoms with Gasteiger partial charge in [0.1, 0.15) is 28.6 Å². The van der Waals surface area contributed by atoms with Crippen molar-refractivity contribution >= 4 is 45.5 Å². The summed E-state index contributed by atoms with van der Waals surface area (Å²) in [4.78, 5) is 50.1. The molecule has 0 saturated carbocycles. The predicted molar refractivity (Wildman–Crippen MR) is 150 cm³/mol. The molecule has 0 radical (unpaired) electrons. The predicted octanol–water partition coefficient (Wildman–Crippen LogP) is 4.78. The van der Waals surface area contributed by atoms with Crippen LogP contribution in [0.2, 0.25) is 0 Å². The SMILES string of the molecule is C=CCOC(=O)c1sc(N2C(=O)C(=O)/C(=C(/O)c3c(C)nc4ccccn34)C2c2ccc(OCC)cc2)nc1C. The molecule has 1 aromatic carbocycles. The minimum absolute atomic E-state index is 0.0147. The highest BCUT2D eigenvalue weighted by molar-refractivity contribution is 7.17. The van der Waals surface area contributed by atoms with E-state index in [2.05, 4.69) is 16.5 Å². The summed E-state index contributed by atoms with van der Waals surface area (Å²) in [6.45, 7) is 9.23. The van der Waals surface area contributed by atoms with Gasteiger partial charge in [-0.2, -0.15) is 0 Å². The highest BCUT2D eigenvalue weighted by atomic mass is 32.1. The van der Waals surface area contributed by atoms with Crippen molar-refractivity contribution < 1.29 is 29.0 Å². The van der Waals surface area contributed by atoms with Gasteiger partial charge in [0.2, 0.25) is 0 Å². The summed E-state index contributed by atoms with van der Waals surface area (Å²) in [6, 6.07) is 11.2. The monoisotopic (exact) mass is 558 g/mol. The lowest BCUT2D eigenvalue weighted by Gasteiger charge is -2.23. The van der Waals surface area contributed by atoms with Gasteiger partial charge >= 0.3 is 11.9 Å². The first-order chi connectivity index (χ1) is 19.3. The average molecular weight is 559 g/mol. The van der Waals surface area contributed by atoms with Crippen molar-refractivity contribution in [1.82, 2.24) is 14.4 Å². The van der Waals surface area contributed by atoms with Crippen LogP contribution in [0.3, 0.4) is 0 Å². The molecule has 1 aliphatic rings. The van der Waals surface area contributed by atoms with Crippen LogP contribution in [0.15, 0.2) is 66.9 Å². The Morgan fingerprint density at radius 2 is 1.88 bits per heavy atom. The molecule has 1 N–H and O–H groups in total. The van der Waals surface area contributed by atoms with Crippen molar-refractivity contribution in [2.24, 2.45) is 0 Å². The number of benzene rings is 1. The second kappa shape index (κ2) is 10.8. The molecular weight excluding hydrogens is 532 g/mol. The maximum atomic E-state index is 13.6. The number of aryl methyl sites for hydroxylation is 2. The Morgan fingerprint density at radius 1 is 1.12 bits per heavy atom. The first kappa shape index (κ1) is 26.8. The van der Waals surface area contributed by atoms with Gasteiger partial charge in [0.25, 0.3) is 5.78 Å². The molecule has 11 heteroatoms. The Morgan fingerprint density at radius 3 is 2.58 bits per heavy atom. The van der Waals surface area contributed by atoms with Gasteiger partial charge in [-0.15, -0.1) is 0 Å². The van der Waals surface area contributed by atoms with Crippen molar-refractivity contribution in [3.63, 3.8) is 0 Å². The van der Waals surface area contributed by atoms with Gasteiger partial charge in [-0.25, -0.2) is 14.8 Å². The van der Waals surface area contributed by atoms with E-state index in [1.54, 1.807) is 60.8 Å². The zero-order chi connectivity index (χ0) is 28.6. The summed E-state index contributed by atoms with van der Waals surface area (Å²) >= 11 is 0.934. The van der Waals surface area contributed by atoms with Crippen molar-refractivity contribution in [2.75, 3.05) is 18.1 Å². The molecule has 0 spiro atoms. The van der Waals surface area contributed by atoms with Crippen molar-refractivity contribution in [2.45, 2.75) is 26.8 Å². The van der Waals surface area contributed by atoms with Gasteiger partial charge in [0.15, 0.2) is 10.9 Å². The molecule has 1 amide bonds. The van der Waals surface area contributed by atoms with Gasteiger partial charge in [-0.05, 0) is 50.6 Å². The Bertz CT molecular complexity index is 1680. The number of thiazole rings is 1. The van der Waals surface area contributed by atoms with Crippen LogP contribution in [0.25, 0.3) is 11.4 Å². The number of ether oxygens (including phenoxy) is 2. The van der Waals surface area contributed by atoms with E-state index < -0.39 is 23.7 Å². The van der Waals surface area contributed by atoms with Crippen LogP contribution in [0.4, 0.5) is 5.13 Å². The summed E-state index contributed by atoms with van der Waals surface area (Å²) in [7, 11) is 0. The standard InChI is InChI=1S/C29H26N4O6S/c1-5-15-39-28(37)26-17(4)31-29(40-26)33-23(18-10-12-19(13-11-18)38-6-2)21(25(35)27(33)36)24(34)22-16(3)30-20-9-7-8-14-32(20)22/h5,7-14,23,34H,1,6,15H2,2-4H3/b24-21+. The number of pyridine rings is 1. The van der Waals surface area contributed by atoms with Crippen LogP contribution in [0.5, 0.6) is 5.75 Å². The fourth-order valence-electron chi connectivity index (χ4n) is 4.66. The van der Waals surface area contributed by atoms with E-state index in [1.807, 2.05) is 13.0 Å². The summed E-state index contributed by atoms with van der Waals surface area (Å²) in [5.41, 5.74) is 2.13. The molecule has 1 unspecified atom stereocenters.